The minimum atomic E-state index is -1.41. The van der Waals surface area contributed by atoms with E-state index < -0.39 is 22.8 Å². The van der Waals surface area contributed by atoms with Gasteiger partial charge in [0.05, 0.1) is 21.8 Å². The SMILES string of the molecule is O=C([O-])C(Cc1ccccc1)N1C(=O)C(=CC(Cl)=Cc2ccc([N+](=O)[O-])cc2)SC1=S. The van der Waals surface area contributed by atoms with E-state index in [0.29, 0.717) is 5.56 Å². The minimum absolute atomic E-state index is 0.0509. The van der Waals surface area contributed by atoms with Crippen LogP contribution in [0.3, 0.4) is 0 Å². The number of benzene rings is 2. The van der Waals surface area contributed by atoms with Crippen molar-refractivity contribution in [3.63, 3.8) is 0 Å². The summed E-state index contributed by atoms with van der Waals surface area (Å²) in [5.74, 6) is -1.98. The van der Waals surface area contributed by atoms with E-state index in [2.05, 4.69) is 0 Å². The predicted molar refractivity (Wildman–Crippen MR) is 121 cm³/mol. The lowest BCUT2D eigenvalue weighted by Gasteiger charge is -2.27. The van der Waals surface area contributed by atoms with Gasteiger partial charge in [-0.2, -0.15) is 0 Å². The van der Waals surface area contributed by atoms with Gasteiger partial charge < -0.3 is 9.90 Å². The maximum atomic E-state index is 12.9. The highest BCUT2D eigenvalue weighted by Crippen LogP contribution is 2.34. The van der Waals surface area contributed by atoms with Gasteiger partial charge >= 0.3 is 0 Å². The van der Waals surface area contributed by atoms with E-state index in [4.69, 9.17) is 23.8 Å². The molecule has 0 saturated carbocycles. The molecule has 7 nitrogen and oxygen atoms in total. The number of rotatable bonds is 7. The summed E-state index contributed by atoms with van der Waals surface area (Å²) >= 11 is 12.4. The van der Waals surface area contributed by atoms with E-state index in [0.717, 1.165) is 22.2 Å². The number of thiocarbonyl (C=S) groups is 1. The molecule has 158 valence electrons. The van der Waals surface area contributed by atoms with Gasteiger partial charge in [0.25, 0.3) is 11.6 Å². The second-order valence-electron chi connectivity index (χ2n) is 6.45. The Bertz CT molecular complexity index is 1100. The summed E-state index contributed by atoms with van der Waals surface area (Å²) in [6, 6.07) is 13.3. The first kappa shape index (κ1) is 22.7. The van der Waals surface area contributed by atoms with Crippen LogP contribution in [0.1, 0.15) is 11.1 Å². The van der Waals surface area contributed by atoms with E-state index in [-0.39, 0.29) is 26.4 Å². The Morgan fingerprint density at radius 2 is 1.84 bits per heavy atom. The molecule has 1 aliphatic rings. The van der Waals surface area contributed by atoms with Gasteiger partial charge in [-0.05, 0) is 41.8 Å². The van der Waals surface area contributed by atoms with Crippen LogP contribution in [0.15, 0.2) is 70.6 Å². The molecule has 2 aromatic rings. The van der Waals surface area contributed by atoms with Gasteiger partial charge in [0.2, 0.25) is 0 Å². The third kappa shape index (κ3) is 5.57. The molecule has 0 radical (unpaired) electrons. The standard InChI is InChI=1S/C21H15ClN2O5S2/c22-15(10-14-6-8-16(9-7-14)24(28)29)12-18-19(25)23(21(30)31-18)17(20(26)27)11-13-4-2-1-3-5-13/h1-10,12,17H,11H2,(H,26,27)/p-1. The number of carbonyl (C=O) groups is 2. The molecule has 1 saturated heterocycles. The number of nitrogens with zero attached hydrogens (tertiary/aromatic N) is 2. The summed E-state index contributed by atoms with van der Waals surface area (Å²) in [6.45, 7) is 0. The molecule has 1 aliphatic heterocycles. The monoisotopic (exact) mass is 473 g/mol. The zero-order valence-corrected chi connectivity index (χ0v) is 18.2. The molecule has 1 heterocycles. The lowest BCUT2D eigenvalue weighted by Crippen LogP contribution is -2.51. The molecule has 0 spiro atoms. The van der Waals surface area contributed by atoms with Crippen LogP contribution in [-0.4, -0.2) is 32.1 Å². The number of carboxylic acids is 1. The zero-order valence-electron chi connectivity index (χ0n) is 15.8. The van der Waals surface area contributed by atoms with Gasteiger partial charge in [-0.15, -0.1) is 0 Å². The molecule has 0 aliphatic carbocycles. The van der Waals surface area contributed by atoms with Crippen LogP contribution in [-0.2, 0) is 16.0 Å². The summed E-state index contributed by atoms with van der Waals surface area (Å²) in [7, 11) is 0. The molecule has 0 bridgehead atoms. The van der Waals surface area contributed by atoms with Crippen molar-refractivity contribution < 1.29 is 19.6 Å². The topological polar surface area (TPSA) is 104 Å². The first-order valence-corrected chi connectivity index (χ1v) is 10.5. The minimum Gasteiger partial charge on any atom is -0.548 e. The Balaban J connectivity index is 1.81. The second kappa shape index (κ2) is 9.86. The molecule has 0 N–H and O–H groups in total. The Labute approximate surface area is 192 Å². The number of nitro benzene ring substituents is 1. The molecule has 1 fully saturated rings. The third-order valence-corrected chi connectivity index (χ3v) is 5.91. The number of halogens is 1. The van der Waals surface area contributed by atoms with Crippen LogP contribution in [0.4, 0.5) is 5.69 Å². The van der Waals surface area contributed by atoms with Gasteiger partial charge in [-0.3, -0.25) is 19.8 Å². The summed E-state index contributed by atoms with van der Waals surface area (Å²) in [4.78, 5) is 36.0. The molecule has 1 atom stereocenters. The number of hydrogen-bond donors (Lipinski definition) is 0. The molecular weight excluding hydrogens is 460 g/mol. The van der Waals surface area contributed by atoms with E-state index >= 15 is 0 Å². The zero-order chi connectivity index (χ0) is 22.5. The average molecular weight is 474 g/mol. The van der Waals surface area contributed by atoms with E-state index in [1.54, 1.807) is 30.3 Å². The number of allylic oxidation sites excluding steroid dienone is 2. The summed E-state index contributed by atoms with van der Waals surface area (Å²) < 4.78 is 0.0983. The lowest BCUT2D eigenvalue weighted by molar-refractivity contribution is -0.384. The Hall–Kier alpha value is -3.01. The van der Waals surface area contributed by atoms with Gasteiger partial charge in [-0.25, -0.2) is 0 Å². The number of aliphatic carboxylic acids is 1. The van der Waals surface area contributed by atoms with Crippen molar-refractivity contribution in [2.75, 3.05) is 0 Å². The second-order valence-corrected chi connectivity index (χ2v) is 8.57. The quantitative estimate of drug-likeness (QED) is 0.263. The molecule has 3 rings (SSSR count). The average Bonchev–Trinajstić information content (AvgIpc) is 3.00. The summed E-state index contributed by atoms with van der Waals surface area (Å²) in [5.41, 5.74) is 1.27. The number of hydrogen-bond acceptors (Lipinski definition) is 7. The normalized spacial score (nSPS) is 16.6. The molecule has 1 unspecified atom stereocenters. The van der Waals surface area contributed by atoms with Crippen molar-refractivity contribution in [3.05, 3.63) is 91.9 Å². The van der Waals surface area contributed by atoms with Crippen molar-refractivity contribution in [3.8, 4) is 0 Å². The molecule has 0 aromatic heterocycles. The highest BCUT2D eigenvalue weighted by molar-refractivity contribution is 8.26. The van der Waals surface area contributed by atoms with Crippen LogP contribution in [0.25, 0.3) is 6.08 Å². The molecule has 2 aromatic carbocycles. The van der Waals surface area contributed by atoms with E-state index in [1.807, 2.05) is 0 Å². The third-order valence-electron chi connectivity index (χ3n) is 4.36. The van der Waals surface area contributed by atoms with Gasteiger partial charge in [0.15, 0.2) is 0 Å². The van der Waals surface area contributed by atoms with Crippen LogP contribution in [0.2, 0.25) is 0 Å². The van der Waals surface area contributed by atoms with Crippen LogP contribution >= 0.6 is 35.6 Å². The number of carbonyl (C=O) groups excluding carboxylic acids is 2. The van der Waals surface area contributed by atoms with Crippen molar-refractivity contribution in [1.29, 1.82) is 0 Å². The Morgan fingerprint density at radius 3 is 2.42 bits per heavy atom. The maximum absolute atomic E-state index is 12.9. The molecule has 10 heteroatoms. The fourth-order valence-electron chi connectivity index (χ4n) is 2.88. The summed E-state index contributed by atoms with van der Waals surface area (Å²) in [5, 5.41) is 22.7. The molecular formula is C21H14ClN2O5S2-. The Morgan fingerprint density at radius 1 is 1.19 bits per heavy atom. The number of non-ortho nitro benzene ring substituents is 1. The predicted octanol–water partition coefficient (Wildman–Crippen LogP) is 3.28. The van der Waals surface area contributed by atoms with Crippen LogP contribution in [0, 0.1) is 10.1 Å². The maximum Gasteiger partial charge on any atom is 0.269 e. The molecule has 1 amide bonds. The van der Waals surface area contributed by atoms with Crippen molar-refractivity contribution in [2.45, 2.75) is 12.5 Å². The van der Waals surface area contributed by atoms with Crippen LogP contribution in [0.5, 0.6) is 0 Å². The highest BCUT2D eigenvalue weighted by atomic mass is 35.5. The lowest BCUT2D eigenvalue weighted by atomic mass is 10.0. The number of thioether (sulfide) groups is 1. The van der Waals surface area contributed by atoms with E-state index in [9.17, 15) is 24.8 Å². The largest absolute Gasteiger partial charge is 0.548 e. The van der Waals surface area contributed by atoms with Crippen molar-refractivity contribution >= 4 is 63.5 Å². The highest BCUT2D eigenvalue weighted by Gasteiger charge is 2.37. The van der Waals surface area contributed by atoms with Gasteiger partial charge in [0.1, 0.15) is 4.32 Å². The number of nitro groups is 1. The number of amides is 1. The first-order chi connectivity index (χ1) is 14.8. The van der Waals surface area contributed by atoms with Crippen molar-refractivity contribution in [2.24, 2.45) is 0 Å². The van der Waals surface area contributed by atoms with Crippen LogP contribution < -0.4 is 5.11 Å². The fourth-order valence-corrected chi connectivity index (χ4v) is 4.53. The summed E-state index contributed by atoms with van der Waals surface area (Å²) in [6.07, 6.45) is 2.96. The van der Waals surface area contributed by atoms with Gasteiger partial charge in [-0.1, -0.05) is 65.9 Å². The van der Waals surface area contributed by atoms with Crippen molar-refractivity contribution in [1.82, 2.24) is 4.90 Å². The smallest absolute Gasteiger partial charge is 0.269 e. The Kier molecular flexibility index (Phi) is 7.21. The van der Waals surface area contributed by atoms with E-state index in [1.165, 1.54) is 36.4 Å². The molecule has 31 heavy (non-hydrogen) atoms. The fraction of sp³-hybridized carbons (Fsp3) is 0.0952. The van der Waals surface area contributed by atoms with Gasteiger partial charge in [0, 0.05) is 17.2 Å². The number of carboxylic acid groups (broad SMARTS) is 1. The first-order valence-electron chi connectivity index (χ1n) is 8.90.